The third kappa shape index (κ3) is 5.36. The first-order chi connectivity index (χ1) is 27.2. The van der Waals surface area contributed by atoms with Crippen LogP contribution in [0.25, 0.3) is 110 Å². The summed E-state index contributed by atoms with van der Waals surface area (Å²) in [6.07, 6.45) is 0. The maximum atomic E-state index is 6.23. The molecule has 0 unspecified atom stereocenters. The minimum atomic E-state index is 0.686. The Morgan fingerprint density at radius 3 is 1.75 bits per heavy atom. The van der Waals surface area contributed by atoms with E-state index < -0.39 is 0 Å². The maximum Gasteiger partial charge on any atom is 0.160 e. The lowest BCUT2D eigenvalue weighted by molar-refractivity contribution is 0.669. The average Bonchev–Trinajstić information content (AvgIpc) is 3.64. The van der Waals surface area contributed by atoms with Crippen LogP contribution in [0.1, 0.15) is 0 Å². The molecule has 0 atom stereocenters. The predicted molar refractivity (Wildman–Crippen MR) is 229 cm³/mol. The highest BCUT2D eigenvalue weighted by Crippen LogP contribution is 2.40. The van der Waals surface area contributed by atoms with Gasteiger partial charge in [0, 0.05) is 27.5 Å². The van der Waals surface area contributed by atoms with Crippen molar-refractivity contribution in [2.24, 2.45) is 0 Å². The van der Waals surface area contributed by atoms with E-state index >= 15 is 0 Å². The summed E-state index contributed by atoms with van der Waals surface area (Å²) >= 11 is 0. The molecule has 0 aliphatic rings. The van der Waals surface area contributed by atoms with E-state index in [1.807, 2.05) is 18.2 Å². The van der Waals surface area contributed by atoms with Crippen LogP contribution >= 0.6 is 0 Å². The predicted octanol–water partition coefficient (Wildman–Crippen LogP) is 14.2. The number of rotatable bonds is 5. The summed E-state index contributed by atoms with van der Waals surface area (Å²) < 4.78 is 6.23. The number of hydrogen-bond acceptors (Lipinski definition) is 3. The molecule has 2 heterocycles. The number of nitrogens with zero attached hydrogens (tertiary/aromatic N) is 2. The number of hydrogen-bond donors (Lipinski definition) is 0. The molecule has 256 valence electrons. The molecule has 0 saturated carbocycles. The van der Waals surface area contributed by atoms with Gasteiger partial charge in [-0.2, -0.15) is 0 Å². The Labute approximate surface area is 317 Å². The molecule has 0 bridgehead atoms. The first kappa shape index (κ1) is 31.2. The number of benzene rings is 9. The third-order valence-electron chi connectivity index (χ3n) is 10.9. The van der Waals surface area contributed by atoms with Crippen molar-refractivity contribution in [1.29, 1.82) is 0 Å². The average molecular weight is 701 g/mol. The second-order valence-electron chi connectivity index (χ2n) is 14.1. The highest BCUT2D eigenvalue weighted by atomic mass is 16.3. The van der Waals surface area contributed by atoms with E-state index in [9.17, 15) is 0 Å². The fourth-order valence-corrected chi connectivity index (χ4v) is 8.16. The van der Waals surface area contributed by atoms with Gasteiger partial charge in [0.2, 0.25) is 0 Å². The molecule has 0 radical (unpaired) electrons. The van der Waals surface area contributed by atoms with Gasteiger partial charge >= 0.3 is 0 Å². The second kappa shape index (κ2) is 12.6. The Morgan fingerprint density at radius 2 is 0.891 bits per heavy atom. The minimum Gasteiger partial charge on any atom is -0.456 e. The quantitative estimate of drug-likeness (QED) is 0.133. The van der Waals surface area contributed by atoms with Crippen molar-refractivity contribution in [2.45, 2.75) is 0 Å². The molecule has 3 heteroatoms. The Morgan fingerprint density at radius 1 is 0.291 bits per heavy atom. The van der Waals surface area contributed by atoms with Crippen LogP contribution < -0.4 is 0 Å². The summed E-state index contributed by atoms with van der Waals surface area (Å²) in [5.74, 6) is 0.686. The van der Waals surface area contributed by atoms with Gasteiger partial charge in [0.05, 0.1) is 11.4 Å². The van der Waals surface area contributed by atoms with E-state index in [1.54, 1.807) is 0 Å². The molecular weight excluding hydrogens is 669 g/mol. The molecule has 0 fully saturated rings. The summed E-state index contributed by atoms with van der Waals surface area (Å²) in [7, 11) is 0. The normalized spacial score (nSPS) is 11.6. The van der Waals surface area contributed by atoms with Gasteiger partial charge < -0.3 is 4.42 Å². The monoisotopic (exact) mass is 700 g/mol. The van der Waals surface area contributed by atoms with Crippen molar-refractivity contribution in [1.82, 2.24) is 9.97 Å². The summed E-state index contributed by atoms with van der Waals surface area (Å²) in [4.78, 5) is 10.4. The lowest BCUT2D eigenvalue weighted by Crippen LogP contribution is -1.96. The molecule has 0 amide bonds. The van der Waals surface area contributed by atoms with E-state index in [2.05, 4.69) is 176 Å². The first-order valence-corrected chi connectivity index (χ1v) is 18.6. The largest absolute Gasteiger partial charge is 0.456 e. The van der Waals surface area contributed by atoms with Gasteiger partial charge in [0.1, 0.15) is 11.2 Å². The van der Waals surface area contributed by atoms with E-state index in [0.29, 0.717) is 5.82 Å². The molecule has 11 rings (SSSR count). The van der Waals surface area contributed by atoms with Crippen LogP contribution in [0.5, 0.6) is 0 Å². The van der Waals surface area contributed by atoms with Gasteiger partial charge in [-0.25, -0.2) is 9.97 Å². The fraction of sp³-hybridized carbons (Fsp3) is 0. The Kier molecular flexibility index (Phi) is 7.17. The zero-order chi connectivity index (χ0) is 36.3. The maximum absolute atomic E-state index is 6.23. The Bertz CT molecular complexity index is 3250. The van der Waals surface area contributed by atoms with Gasteiger partial charge in [0.15, 0.2) is 5.82 Å². The Balaban J connectivity index is 1.03. The van der Waals surface area contributed by atoms with Crippen molar-refractivity contribution in [3.05, 3.63) is 194 Å². The molecule has 0 N–H and O–H groups in total. The zero-order valence-electron chi connectivity index (χ0n) is 29.8. The first-order valence-electron chi connectivity index (χ1n) is 18.6. The summed E-state index contributed by atoms with van der Waals surface area (Å²) in [6.45, 7) is 0. The van der Waals surface area contributed by atoms with Gasteiger partial charge in [-0.15, -0.1) is 0 Å². The summed E-state index contributed by atoms with van der Waals surface area (Å²) in [5.41, 5.74) is 11.2. The molecule has 55 heavy (non-hydrogen) atoms. The van der Waals surface area contributed by atoms with Crippen molar-refractivity contribution >= 4 is 54.3 Å². The van der Waals surface area contributed by atoms with Crippen LogP contribution in [0.2, 0.25) is 0 Å². The molecule has 0 spiro atoms. The van der Waals surface area contributed by atoms with E-state index in [1.165, 1.54) is 37.9 Å². The van der Waals surface area contributed by atoms with E-state index in [-0.39, 0.29) is 0 Å². The van der Waals surface area contributed by atoms with Crippen molar-refractivity contribution in [3.8, 4) is 56.2 Å². The lowest BCUT2D eigenvalue weighted by atomic mass is 9.89. The third-order valence-corrected chi connectivity index (χ3v) is 10.9. The smallest absolute Gasteiger partial charge is 0.160 e. The van der Waals surface area contributed by atoms with Gasteiger partial charge in [0.25, 0.3) is 0 Å². The van der Waals surface area contributed by atoms with Crippen LogP contribution in [0.3, 0.4) is 0 Å². The molecule has 0 aliphatic heterocycles. The van der Waals surface area contributed by atoms with Crippen LogP contribution in [0.4, 0.5) is 0 Å². The molecule has 0 aliphatic carbocycles. The van der Waals surface area contributed by atoms with Crippen molar-refractivity contribution < 1.29 is 4.42 Å². The van der Waals surface area contributed by atoms with E-state index in [4.69, 9.17) is 14.4 Å². The van der Waals surface area contributed by atoms with Gasteiger partial charge in [-0.05, 0) is 91.0 Å². The SMILES string of the molecule is c1ccc(-c2cc(-c3cccc(-c4ccc5c(c4)oc4ccccc45)c3)nc(-c3ccc(-c4c5ccccc5cc5c4ccc4ccccc45)cc3)n2)cc1. The molecule has 0 saturated heterocycles. The van der Waals surface area contributed by atoms with Crippen LogP contribution in [-0.4, -0.2) is 9.97 Å². The second-order valence-corrected chi connectivity index (χ2v) is 14.1. The van der Waals surface area contributed by atoms with Crippen LogP contribution in [0.15, 0.2) is 199 Å². The number of para-hydroxylation sites is 1. The van der Waals surface area contributed by atoms with E-state index in [0.717, 1.165) is 66.7 Å². The summed E-state index contributed by atoms with van der Waals surface area (Å²) in [6, 6.07) is 68.7. The standard InChI is InChI=1S/C52H32N2O/c1-2-12-34(13-3-1)47-32-48(40-16-10-15-37(29-40)38-26-27-44-43-19-8-9-20-49(43)55-50(44)31-38)54-52(53-47)36-23-21-35(22-24-36)51-42-18-7-5-14-39(42)30-46-41-17-6-4-11-33(41)25-28-45(46)51/h1-32H. The fourth-order valence-electron chi connectivity index (χ4n) is 8.16. The molecule has 9 aromatic carbocycles. The molecule has 3 nitrogen and oxygen atoms in total. The zero-order valence-corrected chi connectivity index (χ0v) is 29.8. The number of fused-ring (bicyclic) bond motifs is 7. The number of aromatic nitrogens is 2. The molecular formula is C52H32N2O. The van der Waals surface area contributed by atoms with Gasteiger partial charge in [-0.3, -0.25) is 0 Å². The Hall–Kier alpha value is -7.36. The number of furan rings is 1. The van der Waals surface area contributed by atoms with Crippen molar-refractivity contribution in [2.75, 3.05) is 0 Å². The van der Waals surface area contributed by atoms with Crippen LogP contribution in [0, 0.1) is 0 Å². The summed E-state index contributed by atoms with van der Waals surface area (Å²) in [5, 5.41) is 9.74. The topological polar surface area (TPSA) is 38.9 Å². The highest BCUT2D eigenvalue weighted by Gasteiger charge is 2.15. The van der Waals surface area contributed by atoms with Crippen molar-refractivity contribution in [3.63, 3.8) is 0 Å². The van der Waals surface area contributed by atoms with Crippen LogP contribution in [-0.2, 0) is 0 Å². The minimum absolute atomic E-state index is 0.686. The highest BCUT2D eigenvalue weighted by molar-refractivity contribution is 6.20. The molecule has 11 aromatic rings. The molecule has 2 aromatic heterocycles. The lowest BCUT2D eigenvalue weighted by Gasteiger charge is -2.15. The van der Waals surface area contributed by atoms with Gasteiger partial charge in [-0.1, -0.05) is 158 Å².